The van der Waals surface area contributed by atoms with Crippen LogP contribution in [0.3, 0.4) is 0 Å². The lowest BCUT2D eigenvalue weighted by Gasteiger charge is -2.24. The van der Waals surface area contributed by atoms with Crippen LogP contribution in [0, 0.1) is 10.7 Å². The molecule has 2 aromatic rings. The van der Waals surface area contributed by atoms with Gasteiger partial charge in [-0.2, -0.15) is 0 Å². The Labute approximate surface area is 211 Å². The van der Waals surface area contributed by atoms with Gasteiger partial charge in [-0.15, -0.1) is 0 Å². The largest absolute Gasteiger partial charge is 0.463 e. The fraction of sp³-hybridized carbons (Fsp3) is 0.500. The van der Waals surface area contributed by atoms with Crippen molar-refractivity contribution >= 4 is 31.6 Å². The first-order chi connectivity index (χ1) is 17.2. The van der Waals surface area contributed by atoms with E-state index in [0.29, 0.717) is 0 Å². The molecular weight excluding hydrogens is 497 g/mol. The molecule has 1 aliphatic heterocycles. The Hall–Kier alpha value is -2.34. The van der Waals surface area contributed by atoms with Crippen LogP contribution in [0.15, 0.2) is 42.6 Å². The van der Waals surface area contributed by atoms with Gasteiger partial charge in [-0.05, 0) is 44.3 Å². The molecule has 1 aromatic heterocycles. The Balaban J connectivity index is 1.88. The van der Waals surface area contributed by atoms with Gasteiger partial charge in [0, 0.05) is 6.20 Å². The number of hydrogen-bond acceptors (Lipinski definition) is 11. The lowest BCUT2D eigenvalue weighted by atomic mass is 10.1. The van der Waals surface area contributed by atoms with E-state index in [1.807, 2.05) is 0 Å². The molecule has 11 nitrogen and oxygen atoms in total. The molecule has 1 aromatic carbocycles. The van der Waals surface area contributed by atoms with Crippen molar-refractivity contribution in [1.82, 2.24) is 9.55 Å². The van der Waals surface area contributed by atoms with Crippen LogP contribution < -0.4 is 10.3 Å². The Bertz CT molecular complexity index is 1200. The molecule has 6 atom stereocenters. The Morgan fingerprint density at radius 1 is 1.29 bits per heavy atom. The predicted octanol–water partition coefficient (Wildman–Crippen LogP) is 2.69. The molecule has 3 rings (SSSR count). The second kappa shape index (κ2) is 11.6. The first kappa shape index (κ1) is 24.4. The standard InChI is InChI=1S/C22H30N3O8PS/c1-13(2)31-21(28)14(3)12-34(29,33-15-7-5-4-6-8-15)30-11-16-18(26)19(27)20(32-16)25-10-9-17(23)24-22(25)35/h4-10,13-14,16,18-20,26-27H,11-12H2,1-3H3,(H2,23,24,35)/t14-,16-,18+,19?,20-,34?/m1/s1/i11D2. The topological polar surface area (TPSA) is 155 Å². The Morgan fingerprint density at radius 3 is 2.60 bits per heavy atom. The molecule has 192 valence electrons. The summed E-state index contributed by atoms with van der Waals surface area (Å²) in [5.41, 5.74) is 5.60. The maximum atomic E-state index is 13.8. The number of aliphatic hydroxyl groups excluding tert-OH is 2. The molecule has 4 N–H and O–H groups in total. The summed E-state index contributed by atoms with van der Waals surface area (Å²) < 4.78 is 53.6. The van der Waals surface area contributed by atoms with E-state index in [-0.39, 0.29) is 16.3 Å². The van der Waals surface area contributed by atoms with Crippen LogP contribution in [0.2, 0.25) is 0 Å². The third-order valence-corrected chi connectivity index (χ3v) is 7.08. The molecule has 0 bridgehead atoms. The Kier molecular flexibility index (Phi) is 8.07. The van der Waals surface area contributed by atoms with E-state index in [9.17, 15) is 19.6 Å². The van der Waals surface area contributed by atoms with Gasteiger partial charge >= 0.3 is 13.6 Å². The lowest BCUT2D eigenvalue weighted by molar-refractivity contribution is -0.151. The lowest BCUT2D eigenvalue weighted by Crippen LogP contribution is -2.34. The Morgan fingerprint density at radius 2 is 1.97 bits per heavy atom. The molecule has 0 aliphatic carbocycles. The number of anilines is 1. The average molecular weight is 530 g/mol. The van der Waals surface area contributed by atoms with Crippen molar-refractivity contribution in [3.8, 4) is 5.75 Å². The zero-order chi connectivity index (χ0) is 27.5. The van der Waals surface area contributed by atoms with Crippen LogP contribution in [0.25, 0.3) is 0 Å². The number of carbonyl (C=O) groups excluding carboxylic acids is 1. The summed E-state index contributed by atoms with van der Waals surface area (Å²) in [6.45, 7) is 1.80. The highest BCUT2D eigenvalue weighted by Gasteiger charge is 2.45. The third-order valence-electron chi connectivity index (χ3n) is 4.91. The first-order valence-electron chi connectivity index (χ1n) is 11.8. The summed E-state index contributed by atoms with van der Waals surface area (Å²) in [6, 6.07) is 9.27. The maximum Gasteiger partial charge on any atom is 0.380 e. The quantitative estimate of drug-likeness (QED) is 0.236. The molecule has 2 heterocycles. The van der Waals surface area contributed by atoms with Gasteiger partial charge in [0.15, 0.2) is 6.23 Å². The summed E-state index contributed by atoms with van der Waals surface area (Å²) in [5, 5.41) is 21.2. The molecule has 0 radical (unpaired) electrons. The second-order valence-electron chi connectivity index (χ2n) is 8.26. The molecule has 0 amide bonds. The summed E-state index contributed by atoms with van der Waals surface area (Å²) in [5.74, 6) is -1.43. The SMILES string of the molecule is [2H]C([2H])(OP(=O)(C[C@@H](C)C(=O)OC(C)C)Oc1ccccc1)[C@H]1O[C@@H](n2ccc(N)nc2=S)C(O)[C@H]1O. The highest BCUT2D eigenvalue weighted by atomic mass is 32.1. The van der Waals surface area contributed by atoms with Crippen molar-refractivity contribution in [3.63, 3.8) is 0 Å². The number of esters is 1. The van der Waals surface area contributed by atoms with Crippen molar-refractivity contribution in [3.05, 3.63) is 47.4 Å². The fourth-order valence-electron chi connectivity index (χ4n) is 3.23. The van der Waals surface area contributed by atoms with Crippen LogP contribution >= 0.6 is 19.8 Å². The minimum absolute atomic E-state index is 0.0750. The van der Waals surface area contributed by atoms with Crippen molar-refractivity contribution in [2.45, 2.75) is 51.4 Å². The van der Waals surface area contributed by atoms with E-state index in [1.165, 1.54) is 35.9 Å². The van der Waals surface area contributed by atoms with Crippen molar-refractivity contribution in [2.24, 2.45) is 5.92 Å². The molecule has 0 saturated carbocycles. The highest BCUT2D eigenvalue weighted by molar-refractivity contribution is 7.71. The average Bonchev–Trinajstić information content (AvgIpc) is 3.08. The number of nitrogen functional groups attached to an aromatic ring is 1. The van der Waals surface area contributed by atoms with Gasteiger partial charge in [-0.3, -0.25) is 13.9 Å². The number of ether oxygens (including phenoxy) is 2. The molecule has 1 saturated heterocycles. The van der Waals surface area contributed by atoms with E-state index in [2.05, 4.69) is 4.98 Å². The van der Waals surface area contributed by atoms with Gasteiger partial charge in [0.05, 0.1) is 27.5 Å². The van der Waals surface area contributed by atoms with E-state index in [4.69, 9.17) is 39.2 Å². The molecular formula is C22H30N3O8PS. The van der Waals surface area contributed by atoms with Crippen LogP contribution in [0.5, 0.6) is 5.75 Å². The monoisotopic (exact) mass is 529 g/mol. The predicted molar refractivity (Wildman–Crippen MR) is 129 cm³/mol. The summed E-state index contributed by atoms with van der Waals surface area (Å²) >= 11 is 5.13. The van der Waals surface area contributed by atoms with Gasteiger partial charge < -0.3 is 29.9 Å². The van der Waals surface area contributed by atoms with E-state index in [1.54, 1.807) is 32.0 Å². The van der Waals surface area contributed by atoms with Crippen LogP contribution in [-0.4, -0.2) is 62.9 Å². The number of carbonyl (C=O) groups is 1. The molecule has 2 unspecified atom stereocenters. The highest BCUT2D eigenvalue weighted by Crippen LogP contribution is 2.50. The first-order valence-corrected chi connectivity index (χ1v) is 13.0. The molecule has 1 aliphatic rings. The summed E-state index contributed by atoms with van der Waals surface area (Å²) in [6.07, 6.45) is -6.20. The molecule has 13 heteroatoms. The van der Waals surface area contributed by atoms with Gasteiger partial charge in [-0.25, -0.2) is 9.55 Å². The van der Waals surface area contributed by atoms with Crippen molar-refractivity contribution in [1.29, 1.82) is 0 Å². The number of nitrogens with two attached hydrogens (primary N) is 1. The summed E-state index contributed by atoms with van der Waals surface area (Å²) in [4.78, 5) is 16.3. The molecule has 35 heavy (non-hydrogen) atoms. The number of aromatic nitrogens is 2. The number of para-hydroxylation sites is 1. The van der Waals surface area contributed by atoms with Gasteiger partial charge in [0.1, 0.15) is 29.9 Å². The number of aliphatic hydroxyl groups is 2. The van der Waals surface area contributed by atoms with Crippen LogP contribution in [-0.2, 0) is 23.4 Å². The fourth-order valence-corrected chi connectivity index (χ4v) is 5.22. The van der Waals surface area contributed by atoms with Gasteiger partial charge in [0.2, 0.25) is 4.77 Å². The summed E-state index contributed by atoms with van der Waals surface area (Å²) in [7, 11) is -4.43. The van der Waals surface area contributed by atoms with E-state index >= 15 is 0 Å². The van der Waals surface area contributed by atoms with Gasteiger partial charge in [-0.1, -0.05) is 25.1 Å². The molecule has 1 fully saturated rings. The van der Waals surface area contributed by atoms with E-state index in [0.717, 1.165) is 0 Å². The minimum atomic E-state index is -4.43. The van der Waals surface area contributed by atoms with E-state index < -0.39 is 62.8 Å². The maximum absolute atomic E-state index is 13.8. The number of rotatable bonds is 10. The third kappa shape index (κ3) is 7.09. The van der Waals surface area contributed by atoms with Crippen LogP contribution in [0.4, 0.5) is 5.82 Å². The minimum Gasteiger partial charge on any atom is -0.463 e. The zero-order valence-corrected chi connectivity index (χ0v) is 21.1. The molecule has 0 spiro atoms. The van der Waals surface area contributed by atoms with Crippen molar-refractivity contribution in [2.75, 3.05) is 18.5 Å². The van der Waals surface area contributed by atoms with Crippen LogP contribution in [0.1, 0.15) is 29.7 Å². The van der Waals surface area contributed by atoms with Gasteiger partial charge in [0.25, 0.3) is 0 Å². The number of nitrogens with zero attached hydrogens (tertiary/aromatic N) is 2. The second-order valence-corrected chi connectivity index (χ2v) is 10.6. The zero-order valence-electron chi connectivity index (χ0n) is 21.4. The smallest absolute Gasteiger partial charge is 0.380 e. The number of benzene rings is 1. The normalized spacial score (nSPS) is 25.9. The number of hydrogen-bond donors (Lipinski definition) is 3. The van der Waals surface area contributed by atoms with Crippen molar-refractivity contribution < 1.29 is 40.8 Å².